The van der Waals surface area contributed by atoms with Gasteiger partial charge in [-0.1, -0.05) is 74.2 Å². The fourth-order valence-electron chi connectivity index (χ4n) is 2.94. The summed E-state index contributed by atoms with van der Waals surface area (Å²) in [5.74, 6) is -0.256. The molecule has 3 heteroatoms. The van der Waals surface area contributed by atoms with Crippen molar-refractivity contribution in [1.29, 1.82) is 0 Å². The smallest absolute Gasteiger partial charge is 0.124 e. The van der Waals surface area contributed by atoms with Gasteiger partial charge in [-0.15, -0.1) is 0 Å². The first-order valence-corrected chi connectivity index (χ1v) is 11.5. The van der Waals surface area contributed by atoms with Gasteiger partial charge in [0.05, 0.1) is 12.0 Å². The van der Waals surface area contributed by atoms with E-state index in [9.17, 15) is 4.79 Å². The Morgan fingerprint density at radius 1 is 0.957 bits per heavy atom. The van der Waals surface area contributed by atoms with E-state index in [0.717, 1.165) is 16.7 Å². The third kappa shape index (κ3) is 3.98. The van der Waals surface area contributed by atoms with Crippen molar-refractivity contribution >= 4 is 13.5 Å². The normalized spacial score (nSPS) is 14.3. The molecule has 23 heavy (non-hydrogen) atoms. The molecule has 2 nitrogen and oxygen atoms in total. The zero-order chi connectivity index (χ0) is 17.0. The number of hydrogen-bond acceptors (Lipinski definition) is 2. The Bertz CT molecular complexity index is 659. The number of benzene rings is 2. The van der Waals surface area contributed by atoms with Crippen LogP contribution in [0.2, 0.25) is 19.6 Å². The van der Waals surface area contributed by atoms with E-state index >= 15 is 0 Å². The third-order valence-corrected chi connectivity index (χ3v) is 6.02. The molecule has 122 valence electrons. The molecular weight excluding hydrogens is 300 g/mol. The lowest BCUT2D eigenvalue weighted by atomic mass is 9.88. The monoisotopic (exact) mass is 326 g/mol. The van der Waals surface area contributed by atoms with Crippen molar-refractivity contribution < 1.29 is 9.53 Å². The first-order chi connectivity index (χ1) is 10.9. The molecule has 0 saturated heterocycles. The van der Waals surface area contributed by atoms with Gasteiger partial charge < -0.3 is 9.53 Å². The van der Waals surface area contributed by atoms with Gasteiger partial charge in [0.1, 0.15) is 13.5 Å². The van der Waals surface area contributed by atoms with Gasteiger partial charge in [-0.05, 0) is 23.6 Å². The van der Waals surface area contributed by atoms with Crippen LogP contribution in [0.1, 0.15) is 28.7 Å². The van der Waals surface area contributed by atoms with Crippen molar-refractivity contribution in [2.45, 2.75) is 38.6 Å². The first-order valence-electron chi connectivity index (χ1n) is 8.04. The van der Waals surface area contributed by atoms with Gasteiger partial charge in [0.2, 0.25) is 0 Å². The molecule has 0 aliphatic rings. The second-order valence-corrected chi connectivity index (χ2v) is 12.0. The van der Waals surface area contributed by atoms with Crippen molar-refractivity contribution in [2.75, 3.05) is 7.11 Å². The Hall–Kier alpha value is -1.71. The minimum atomic E-state index is -1.95. The maximum Gasteiger partial charge on any atom is 0.124 e. The van der Waals surface area contributed by atoms with Crippen LogP contribution in [0.3, 0.4) is 0 Å². The van der Waals surface area contributed by atoms with E-state index in [1.54, 1.807) is 7.11 Å². The van der Waals surface area contributed by atoms with Gasteiger partial charge in [-0.25, -0.2) is 0 Å². The molecule has 0 heterocycles. The molecule has 0 amide bonds. The second-order valence-electron chi connectivity index (χ2n) is 7.02. The van der Waals surface area contributed by atoms with Crippen molar-refractivity contribution in [3.8, 4) is 0 Å². The molecule has 0 radical (unpaired) electrons. The van der Waals surface area contributed by atoms with Gasteiger partial charge in [-0.3, -0.25) is 0 Å². The molecular formula is C20H26O2Si. The number of carbonyl (C=O) groups is 1. The molecule has 0 bridgehead atoms. The molecule has 0 N–H and O–H groups in total. The van der Waals surface area contributed by atoms with E-state index in [2.05, 4.69) is 38.7 Å². The molecule has 0 saturated carbocycles. The minimum absolute atomic E-state index is 0.252. The summed E-state index contributed by atoms with van der Waals surface area (Å²) in [6.45, 7) is 8.39. The molecule has 0 aliphatic heterocycles. The van der Waals surface area contributed by atoms with Crippen LogP contribution in [0.5, 0.6) is 0 Å². The predicted molar refractivity (Wildman–Crippen MR) is 98.5 cm³/mol. The highest BCUT2D eigenvalue weighted by atomic mass is 28.3. The summed E-state index contributed by atoms with van der Waals surface area (Å²) in [4.78, 5) is 13.2. The van der Waals surface area contributed by atoms with Crippen LogP contribution in [0.4, 0.5) is 0 Å². The summed E-state index contributed by atoms with van der Waals surface area (Å²) in [6.07, 6.45) is -0.252. The molecule has 0 fully saturated rings. The highest BCUT2D eigenvalue weighted by Gasteiger charge is 2.38. The van der Waals surface area contributed by atoms with Crippen LogP contribution in [-0.2, 0) is 9.53 Å². The average Bonchev–Trinajstić information content (AvgIpc) is 2.53. The number of rotatable bonds is 6. The van der Waals surface area contributed by atoms with Gasteiger partial charge in [0.25, 0.3) is 0 Å². The Labute approximate surface area is 140 Å². The Morgan fingerprint density at radius 2 is 1.52 bits per heavy atom. The molecule has 2 aromatic carbocycles. The quantitative estimate of drug-likeness (QED) is 0.705. The van der Waals surface area contributed by atoms with E-state index in [-0.39, 0.29) is 12.0 Å². The molecule has 0 aliphatic carbocycles. The highest BCUT2D eigenvalue weighted by molar-refractivity contribution is 7.04. The fourth-order valence-corrected chi connectivity index (χ4v) is 4.19. The minimum Gasteiger partial charge on any atom is -0.376 e. The van der Waals surface area contributed by atoms with Crippen molar-refractivity contribution in [2.24, 2.45) is 0 Å². The third-order valence-electron chi connectivity index (χ3n) is 4.23. The van der Waals surface area contributed by atoms with Crippen LogP contribution >= 0.6 is 0 Å². The zero-order valence-electron chi connectivity index (χ0n) is 14.7. The summed E-state index contributed by atoms with van der Waals surface area (Å²) < 4.78 is 5.85. The van der Waals surface area contributed by atoms with Crippen LogP contribution in [0.15, 0.2) is 54.6 Å². The lowest BCUT2D eigenvalue weighted by Gasteiger charge is -2.31. The van der Waals surface area contributed by atoms with Crippen molar-refractivity contribution in [3.05, 3.63) is 71.3 Å². The predicted octanol–water partition coefficient (Wildman–Crippen LogP) is 4.91. The maximum absolute atomic E-state index is 13.2. The molecule has 2 rings (SSSR count). The lowest BCUT2D eigenvalue weighted by molar-refractivity contribution is -0.117. The Morgan fingerprint density at radius 3 is 2.04 bits per heavy atom. The molecule has 2 atom stereocenters. The number of carbonyl (C=O) groups excluding carboxylic acids is 1. The Balaban J connectivity index is 2.56. The number of hydrogen-bond donors (Lipinski definition) is 0. The van der Waals surface area contributed by atoms with Crippen LogP contribution in [0.25, 0.3) is 0 Å². The summed E-state index contributed by atoms with van der Waals surface area (Å²) in [7, 11) is -0.256. The number of methoxy groups -OCH3 is 1. The highest BCUT2D eigenvalue weighted by Crippen LogP contribution is 2.37. The van der Waals surface area contributed by atoms with E-state index in [1.165, 1.54) is 0 Å². The van der Waals surface area contributed by atoms with Crippen LogP contribution < -0.4 is 0 Å². The molecule has 0 unspecified atom stereocenters. The van der Waals surface area contributed by atoms with E-state index < -0.39 is 8.07 Å². The summed E-state index contributed by atoms with van der Waals surface area (Å²) in [5.41, 5.74) is 3.29. The van der Waals surface area contributed by atoms with Crippen LogP contribution in [-0.4, -0.2) is 20.6 Å². The van der Waals surface area contributed by atoms with Crippen molar-refractivity contribution in [1.82, 2.24) is 0 Å². The average molecular weight is 327 g/mol. The van der Waals surface area contributed by atoms with E-state index in [1.807, 2.05) is 42.5 Å². The number of aryl methyl sites for hydroxylation is 1. The van der Waals surface area contributed by atoms with Gasteiger partial charge in [0, 0.05) is 7.11 Å². The fraction of sp³-hybridized carbons (Fsp3) is 0.350. The second kappa shape index (κ2) is 7.24. The standard InChI is InChI=1S/C20H26O2Si/c1-15-11-9-10-14-17(15)19(22-2)18(20(21)23(3,4)5)16-12-7-6-8-13-16/h6-14,18-19H,1-5H3/t18-,19+/m0/s1. The summed E-state index contributed by atoms with van der Waals surface area (Å²) in [6, 6.07) is 18.2. The molecule has 2 aromatic rings. The lowest BCUT2D eigenvalue weighted by Crippen LogP contribution is -2.40. The summed E-state index contributed by atoms with van der Waals surface area (Å²) >= 11 is 0. The molecule has 0 aromatic heterocycles. The maximum atomic E-state index is 13.2. The summed E-state index contributed by atoms with van der Waals surface area (Å²) in [5, 5.41) is 0.332. The number of ether oxygens (including phenoxy) is 1. The first kappa shape index (κ1) is 17.6. The zero-order valence-corrected chi connectivity index (χ0v) is 15.7. The largest absolute Gasteiger partial charge is 0.376 e. The van der Waals surface area contributed by atoms with Gasteiger partial charge in [0.15, 0.2) is 0 Å². The van der Waals surface area contributed by atoms with Crippen molar-refractivity contribution in [3.63, 3.8) is 0 Å². The molecule has 0 spiro atoms. The van der Waals surface area contributed by atoms with Gasteiger partial charge >= 0.3 is 0 Å². The van der Waals surface area contributed by atoms with Crippen LogP contribution in [0, 0.1) is 6.92 Å². The van der Waals surface area contributed by atoms with E-state index in [4.69, 9.17) is 4.74 Å². The Kier molecular flexibility index (Phi) is 5.55. The van der Waals surface area contributed by atoms with Gasteiger partial charge in [-0.2, -0.15) is 0 Å². The van der Waals surface area contributed by atoms with E-state index in [0.29, 0.717) is 5.41 Å². The SMILES string of the molecule is CO[C@H](c1ccccc1C)[C@@H](C(=O)[Si](C)(C)C)c1ccccc1. The topological polar surface area (TPSA) is 26.3 Å².